The van der Waals surface area contributed by atoms with Crippen LogP contribution in [0.15, 0.2) is 42.5 Å². The number of carbonyl (C=O) groups is 1. The SMILES string of the molecule is Cc1cccc(-c2cc(C(=O)O)c3cc(Cl)cc(Cl)c3n2)c1. The number of fused-ring (bicyclic) bond motifs is 1. The summed E-state index contributed by atoms with van der Waals surface area (Å²) < 4.78 is 0. The lowest BCUT2D eigenvalue weighted by molar-refractivity contribution is 0.0699. The smallest absolute Gasteiger partial charge is 0.336 e. The lowest BCUT2D eigenvalue weighted by Crippen LogP contribution is -2.01. The quantitative estimate of drug-likeness (QED) is 0.700. The third kappa shape index (κ3) is 2.65. The van der Waals surface area contributed by atoms with E-state index in [2.05, 4.69) is 4.98 Å². The molecule has 0 unspecified atom stereocenters. The maximum Gasteiger partial charge on any atom is 0.336 e. The van der Waals surface area contributed by atoms with Crippen LogP contribution in [0.3, 0.4) is 0 Å². The fraction of sp³-hybridized carbons (Fsp3) is 0.0588. The summed E-state index contributed by atoms with van der Waals surface area (Å²) in [4.78, 5) is 16.1. The molecular formula is C17H11Cl2NO2. The van der Waals surface area contributed by atoms with E-state index >= 15 is 0 Å². The van der Waals surface area contributed by atoms with Crippen molar-refractivity contribution in [2.45, 2.75) is 6.92 Å². The van der Waals surface area contributed by atoms with Gasteiger partial charge in [0.2, 0.25) is 0 Å². The molecule has 0 spiro atoms. The van der Waals surface area contributed by atoms with Crippen LogP contribution in [0.1, 0.15) is 15.9 Å². The molecule has 0 fully saturated rings. The Balaban J connectivity index is 2.37. The third-order valence-electron chi connectivity index (χ3n) is 3.38. The van der Waals surface area contributed by atoms with E-state index in [0.717, 1.165) is 11.1 Å². The van der Waals surface area contributed by atoms with Gasteiger partial charge in [-0.25, -0.2) is 9.78 Å². The molecule has 1 N–H and O–H groups in total. The molecule has 0 aliphatic heterocycles. The van der Waals surface area contributed by atoms with Crippen molar-refractivity contribution in [2.24, 2.45) is 0 Å². The number of aromatic carboxylic acids is 1. The van der Waals surface area contributed by atoms with Gasteiger partial charge in [0.1, 0.15) is 0 Å². The van der Waals surface area contributed by atoms with Crippen LogP contribution in [-0.2, 0) is 0 Å². The molecule has 0 atom stereocenters. The molecule has 1 heterocycles. The fourth-order valence-corrected chi connectivity index (χ4v) is 2.92. The van der Waals surface area contributed by atoms with E-state index in [9.17, 15) is 9.90 Å². The minimum absolute atomic E-state index is 0.130. The maximum absolute atomic E-state index is 11.6. The van der Waals surface area contributed by atoms with Gasteiger partial charge in [0, 0.05) is 16.0 Å². The lowest BCUT2D eigenvalue weighted by Gasteiger charge is -2.09. The highest BCUT2D eigenvalue weighted by Gasteiger charge is 2.15. The second kappa shape index (κ2) is 5.59. The van der Waals surface area contributed by atoms with E-state index in [1.54, 1.807) is 18.2 Å². The molecule has 3 nitrogen and oxygen atoms in total. The van der Waals surface area contributed by atoms with Gasteiger partial charge in [0.05, 0.1) is 21.8 Å². The highest BCUT2D eigenvalue weighted by Crippen LogP contribution is 2.32. The zero-order valence-electron chi connectivity index (χ0n) is 11.6. The summed E-state index contributed by atoms with van der Waals surface area (Å²) in [5, 5.41) is 10.6. The van der Waals surface area contributed by atoms with Gasteiger partial charge in [0.25, 0.3) is 0 Å². The van der Waals surface area contributed by atoms with Crippen LogP contribution in [0.25, 0.3) is 22.2 Å². The number of pyridine rings is 1. The van der Waals surface area contributed by atoms with Crippen LogP contribution in [0.5, 0.6) is 0 Å². The van der Waals surface area contributed by atoms with Gasteiger partial charge in [0.15, 0.2) is 0 Å². The monoisotopic (exact) mass is 331 g/mol. The van der Waals surface area contributed by atoms with Crippen molar-refractivity contribution in [1.82, 2.24) is 4.98 Å². The second-order valence-corrected chi connectivity index (χ2v) is 5.86. The van der Waals surface area contributed by atoms with Gasteiger partial charge in [-0.1, -0.05) is 47.0 Å². The average Bonchev–Trinajstić information content (AvgIpc) is 2.46. The Morgan fingerprint density at radius 2 is 1.91 bits per heavy atom. The molecule has 0 amide bonds. The first kappa shape index (κ1) is 14.8. The predicted octanol–water partition coefficient (Wildman–Crippen LogP) is 5.22. The first-order valence-corrected chi connectivity index (χ1v) is 7.31. The summed E-state index contributed by atoms with van der Waals surface area (Å²) in [6.07, 6.45) is 0. The van der Waals surface area contributed by atoms with Crippen molar-refractivity contribution in [1.29, 1.82) is 0 Å². The molecular weight excluding hydrogens is 321 g/mol. The zero-order chi connectivity index (χ0) is 15.9. The number of benzene rings is 2. The predicted molar refractivity (Wildman–Crippen MR) is 88.9 cm³/mol. The average molecular weight is 332 g/mol. The molecule has 110 valence electrons. The van der Waals surface area contributed by atoms with Crippen LogP contribution >= 0.6 is 23.2 Å². The number of hydrogen-bond donors (Lipinski definition) is 1. The van der Waals surface area contributed by atoms with Gasteiger partial charge in [-0.05, 0) is 31.2 Å². The molecule has 2 aromatic carbocycles. The van der Waals surface area contributed by atoms with Crippen molar-refractivity contribution in [3.05, 3.63) is 63.6 Å². The number of aromatic nitrogens is 1. The number of carboxylic acids is 1. The van der Waals surface area contributed by atoms with Gasteiger partial charge in [-0.3, -0.25) is 0 Å². The first-order chi connectivity index (χ1) is 10.5. The third-order valence-corrected chi connectivity index (χ3v) is 3.88. The molecule has 3 aromatic rings. The maximum atomic E-state index is 11.6. The van der Waals surface area contributed by atoms with Crippen molar-refractivity contribution in [2.75, 3.05) is 0 Å². The topological polar surface area (TPSA) is 50.2 Å². The number of aryl methyl sites for hydroxylation is 1. The van der Waals surface area contributed by atoms with Gasteiger partial charge >= 0.3 is 5.97 Å². The van der Waals surface area contributed by atoms with Crippen molar-refractivity contribution >= 4 is 40.1 Å². The molecule has 0 saturated carbocycles. The second-order valence-electron chi connectivity index (χ2n) is 5.01. The van der Waals surface area contributed by atoms with E-state index in [1.165, 1.54) is 0 Å². The molecule has 0 aliphatic carbocycles. The molecule has 3 rings (SSSR count). The Labute approximate surface area is 137 Å². The van der Waals surface area contributed by atoms with Crippen LogP contribution in [0.4, 0.5) is 0 Å². The summed E-state index contributed by atoms with van der Waals surface area (Å²) in [5.41, 5.74) is 3.04. The number of rotatable bonds is 2. The fourth-order valence-electron chi connectivity index (χ4n) is 2.38. The number of nitrogens with zero attached hydrogens (tertiary/aromatic N) is 1. The number of hydrogen-bond acceptors (Lipinski definition) is 2. The Hall–Kier alpha value is -2.10. The Kier molecular flexibility index (Phi) is 3.77. The molecule has 0 radical (unpaired) electrons. The number of halogens is 2. The molecule has 0 bridgehead atoms. The minimum atomic E-state index is -1.04. The van der Waals surface area contributed by atoms with E-state index in [1.807, 2.05) is 31.2 Å². The highest BCUT2D eigenvalue weighted by molar-refractivity contribution is 6.38. The van der Waals surface area contributed by atoms with E-state index < -0.39 is 5.97 Å². The van der Waals surface area contributed by atoms with E-state index in [0.29, 0.717) is 26.6 Å². The largest absolute Gasteiger partial charge is 0.478 e. The normalized spacial score (nSPS) is 10.9. The van der Waals surface area contributed by atoms with Crippen molar-refractivity contribution in [3.8, 4) is 11.3 Å². The summed E-state index contributed by atoms with van der Waals surface area (Å²) >= 11 is 12.2. The van der Waals surface area contributed by atoms with Crippen LogP contribution < -0.4 is 0 Å². The molecule has 0 aliphatic rings. The van der Waals surface area contributed by atoms with E-state index in [4.69, 9.17) is 23.2 Å². The molecule has 22 heavy (non-hydrogen) atoms. The van der Waals surface area contributed by atoms with Crippen LogP contribution in [0, 0.1) is 6.92 Å². The summed E-state index contributed by atoms with van der Waals surface area (Å²) in [6, 6.07) is 12.4. The minimum Gasteiger partial charge on any atom is -0.478 e. The van der Waals surface area contributed by atoms with E-state index in [-0.39, 0.29) is 5.56 Å². The Bertz CT molecular complexity index is 907. The number of carboxylic acid groups (broad SMARTS) is 1. The summed E-state index contributed by atoms with van der Waals surface area (Å²) in [6.45, 7) is 1.97. The summed E-state index contributed by atoms with van der Waals surface area (Å²) in [5.74, 6) is -1.04. The van der Waals surface area contributed by atoms with Crippen LogP contribution in [0.2, 0.25) is 10.0 Å². The van der Waals surface area contributed by atoms with Gasteiger partial charge < -0.3 is 5.11 Å². The lowest BCUT2D eigenvalue weighted by atomic mass is 10.0. The first-order valence-electron chi connectivity index (χ1n) is 6.56. The Morgan fingerprint density at radius 1 is 1.14 bits per heavy atom. The zero-order valence-corrected chi connectivity index (χ0v) is 13.1. The summed E-state index contributed by atoms with van der Waals surface area (Å²) in [7, 11) is 0. The molecule has 0 saturated heterocycles. The van der Waals surface area contributed by atoms with Crippen molar-refractivity contribution < 1.29 is 9.90 Å². The Morgan fingerprint density at radius 3 is 2.59 bits per heavy atom. The standard InChI is InChI=1S/C17H11Cl2NO2/c1-9-3-2-4-10(5-9)15-8-13(17(21)22)12-6-11(18)7-14(19)16(12)20-15/h2-8H,1H3,(H,21,22). The highest BCUT2D eigenvalue weighted by atomic mass is 35.5. The van der Waals surface area contributed by atoms with Gasteiger partial charge in [-0.15, -0.1) is 0 Å². The molecule has 5 heteroatoms. The molecule has 1 aromatic heterocycles. The van der Waals surface area contributed by atoms with Crippen LogP contribution in [-0.4, -0.2) is 16.1 Å². The van der Waals surface area contributed by atoms with Gasteiger partial charge in [-0.2, -0.15) is 0 Å². The van der Waals surface area contributed by atoms with Crippen molar-refractivity contribution in [3.63, 3.8) is 0 Å².